The van der Waals surface area contributed by atoms with Gasteiger partial charge in [0.05, 0.1) is 6.42 Å². The van der Waals surface area contributed by atoms with Crippen LogP contribution in [0.15, 0.2) is 48.5 Å². The van der Waals surface area contributed by atoms with Crippen LogP contribution >= 0.6 is 11.6 Å². The Morgan fingerprint density at radius 1 is 1.10 bits per heavy atom. The van der Waals surface area contributed by atoms with Crippen molar-refractivity contribution < 1.29 is 4.79 Å². The first-order valence-corrected chi connectivity index (χ1v) is 7.08. The first-order chi connectivity index (χ1) is 9.63. The van der Waals surface area contributed by atoms with Crippen LogP contribution in [0.1, 0.15) is 16.7 Å². The molecule has 0 radical (unpaired) electrons. The molecule has 20 heavy (non-hydrogen) atoms. The van der Waals surface area contributed by atoms with Crippen molar-refractivity contribution in [1.82, 2.24) is 5.32 Å². The summed E-state index contributed by atoms with van der Waals surface area (Å²) in [6, 6.07) is 15.7. The third kappa shape index (κ3) is 4.71. The van der Waals surface area contributed by atoms with Gasteiger partial charge in [0.25, 0.3) is 0 Å². The maximum absolute atomic E-state index is 11.8. The second-order valence-corrected chi connectivity index (χ2v) is 5.33. The van der Waals surface area contributed by atoms with Gasteiger partial charge in [-0.3, -0.25) is 4.79 Å². The lowest BCUT2D eigenvalue weighted by Gasteiger charge is -2.06. The molecule has 0 fully saturated rings. The van der Waals surface area contributed by atoms with Gasteiger partial charge in [-0.05, 0) is 36.6 Å². The van der Waals surface area contributed by atoms with E-state index in [4.69, 9.17) is 11.6 Å². The molecule has 1 amide bonds. The van der Waals surface area contributed by atoms with Crippen molar-refractivity contribution in [3.05, 3.63) is 70.2 Å². The number of carbonyl (C=O) groups is 1. The predicted molar refractivity (Wildman–Crippen MR) is 83.0 cm³/mol. The zero-order chi connectivity index (χ0) is 14.4. The van der Waals surface area contributed by atoms with Gasteiger partial charge < -0.3 is 5.32 Å². The van der Waals surface area contributed by atoms with E-state index in [0.717, 1.165) is 17.0 Å². The number of rotatable bonds is 5. The fourth-order valence-corrected chi connectivity index (χ4v) is 2.19. The number of amides is 1. The highest BCUT2D eigenvalue weighted by molar-refractivity contribution is 6.30. The Bertz CT molecular complexity index is 578. The molecule has 2 aromatic carbocycles. The molecule has 0 heterocycles. The number of carbonyl (C=O) groups excluding carboxylic acids is 1. The van der Waals surface area contributed by atoms with Gasteiger partial charge in [-0.1, -0.05) is 53.6 Å². The van der Waals surface area contributed by atoms with E-state index >= 15 is 0 Å². The second kappa shape index (κ2) is 7.11. The Balaban J connectivity index is 1.76. The highest BCUT2D eigenvalue weighted by Gasteiger charge is 2.03. The number of halogens is 1. The minimum absolute atomic E-state index is 0.0598. The molecule has 0 aliphatic rings. The van der Waals surface area contributed by atoms with Gasteiger partial charge in [-0.15, -0.1) is 0 Å². The van der Waals surface area contributed by atoms with Gasteiger partial charge in [0.15, 0.2) is 0 Å². The van der Waals surface area contributed by atoms with Crippen LogP contribution in [0.25, 0.3) is 0 Å². The summed E-state index contributed by atoms with van der Waals surface area (Å²) < 4.78 is 0. The van der Waals surface area contributed by atoms with E-state index in [2.05, 4.69) is 5.32 Å². The van der Waals surface area contributed by atoms with Crippen molar-refractivity contribution >= 4 is 17.5 Å². The molecule has 0 aromatic heterocycles. The molecule has 0 saturated carbocycles. The van der Waals surface area contributed by atoms with Crippen LogP contribution in [0.5, 0.6) is 0 Å². The van der Waals surface area contributed by atoms with E-state index in [9.17, 15) is 4.79 Å². The fraction of sp³-hybridized carbons (Fsp3) is 0.235. The van der Waals surface area contributed by atoms with E-state index in [0.29, 0.717) is 13.0 Å². The van der Waals surface area contributed by atoms with Gasteiger partial charge in [-0.25, -0.2) is 0 Å². The summed E-state index contributed by atoms with van der Waals surface area (Å²) in [4.78, 5) is 11.8. The molecule has 2 rings (SSSR count). The summed E-state index contributed by atoms with van der Waals surface area (Å²) >= 11 is 5.83. The molecule has 2 aromatic rings. The summed E-state index contributed by atoms with van der Waals surface area (Å²) in [5, 5.41) is 3.68. The minimum Gasteiger partial charge on any atom is -0.355 e. The third-order valence-electron chi connectivity index (χ3n) is 3.10. The third-order valence-corrected chi connectivity index (χ3v) is 3.35. The topological polar surface area (TPSA) is 29.1 Å². The summed E-state index contributed by atoms with van der Waals surface area (Å²) in [5.41, 5.74) is 3.40. The number of benzene rings is 2. The summed E-state index contributed by atoms with van der Waals surface area (Å²) in [6.07, 6.45) is 1.25. The molecule has 0 spiro atoms. The van der Waals surface area contributed by atoms with Crippen LogP contribution in [0.3, 0.4) is 0 Å². The van der Waals surface area contributed by atoms with Gasteiger partial charge in [-0.2, -0.15) is 0 Å². The van der Waals surface area contributed by atoms with E-state index in [-0.39, 0.29) is 5.91 Å². The summed E-state index contributed by atoms with van der Waals surface area (Å²) in [7, 11) is 0. The van der Waals surface area contributed by atoms with Crippen molar-refractivity contribution in [1.29, 1.82) is 0 Å². The van der Waals surface area contributed by atoms with Crippen molar-refractivity contribution in [2.24, 2.45) is 0 Å². The molecular weight excluding hydrogens is 270 g/mol. The molecule has 0 saturated heterocycles. The maximum atomic E-state index is 11.8. The van der Waals surface area contributed by atoms with Gasteiger partial charge in [0, 0.05) is 11.6 Å². The monoisotopic (exact) mass is 287 g/mol. The predicted octanol–water partition coefficient (Wildman–Crippen LogP) is 3.55. The van der Waals surface area contributed by atoms with Gasteiger partial charge in [0.1, 0.15) is 0 Å². The van der Waals surface area contributed by atoms with Crippen LogP contribution in [0.2, 0.25) is 5.02 Å². The molecule has 0 aliphatic heterocycles. The van der Waals surface area contributed by atoms with Gasteiger partial charge in [0.2, 0.25) is 5.91 Å². The zero-order valence-corrected chi connectivity index (χ0v) is 12.3. The molecule has 2 nitrogen and oxygen atoms in total. The van der Waals surface area contributed by atoms with Crippen LogP contribution in [0, 0.1) is 6.92 Å². The Hall–Kier alpha value is -1.80. The Kier molecular flexibility index (Phi) is 5.19. The molecule has 0 aliphatic carbocycles. The van der Waals surface area contributed by atoms with Crippen LogP contribution in [-0.2, 0) is 17.6 Å². The number of hydrogen-bond donors (Lipinski definition) is 1. The highest BCUT2D eigenvalue weighted by atomic mass is 35.5. The highest BCUT2D eigenvalue weighted by Crippen LogP contribution is 2.09. The SMILES string of the molecule is Cc1cccc(CC(=O)NCCc2ccc(Cl)cc2)c1. The van der Waals surface area contributed by atoms with E-state index in [1.165, 1.54) is 11.1 Å². The number of nitrogens with one attached hydrogen (secondary N) is 1. The summed E-state index contributed by atoms with van der Waals surface area (Å²) in [5.74, 6) is 0.0598. The van der Waals surface area contributed by atoms with E-state index in [1.807, 2.05) is 55.5 Å². The quantitative estimate of drug-likeness (QED) is 0.895. The van der Waals surface area contributed by atoms with E-state index < -0.39 is 0 Å². The molecule has 0 atom stereocenters. The Morgan fingerprint density at radius 2 is 1.85 bits per heavy atom. The number of aryl methyl sites for hydroxylation is 1. The Morgan fingerprint density at radius 3 is 2.55 bits per heavy atom. The van der Waals surface area contributed by atoms with Crippen molar-refractivity contribution in [2.45, 2.75) is 19.8 Å². The second-order valence-electron chi connectivity index (χ2n) is 4.89. The van der Waals surface area contributed by atoms with Crippen LogP contribution in [-0.4, -0.2) is 12.5 Å². The normalized spacial score (nSPS) is 10.3. The minimum atomic E-state index is 0.0598. The number of hydrogen-bond acceptors (Lipinski definition) is 1. The standard InChI is InChI=1S/C17H18ClNO/c1-13-3-2-4-15(11-13)12-17(20)19-10-9-14-5-7-16(18)8-6-14/h2-8,11H,9-10,12H2,1H3,(H,19,20). The van der Waals surface area contributed by atoms with Crippen molar-refractivity contribution in [2.75, 3.05) is 6.54 Å². The lowest BCUT2D eigenvalue weighted by atomic mass is 10.1. The smallest absolute Gasteiger partial charge is 0.224 e. The summed E-state index contributed by atoms with van der Waals surface area (Å²) in [6.45, 7) is 2.67. The maximum Gasteiger partial charge on any atom is 0.224 e. The van der Waals surface area contributed by atoms with E-state index in [1.54, 1.807) is 0 Å². The van der Waals surface area contributed by atoms with Crippen molar-refractivity contribution in [3.8, 4) is 0 Å². The lowest BCUT2D eigenvalue weighted by molar-refractivity contribution is -0.120. The Labute approximate surface area is 124 Å². The molecule has 0 unspecified atom stereocenters. The molecule has 3 heteroatoms. The fourth-order valence-electron chi connectivity index (χ4n) is 2.07. The lowest BCUT2D eigenvalue weighted by Crippen LogP contribution is -2.27. The van der Waals surface area contributed by atoms with Crippen molar-refractivity contribution in [3.63, 3.8) is 0 Å². The first kappa shape index (κ1) is 14.6. The molecule has 104 valence electrons. The first-order valence-electron chi connectivity index (χ1n) is 6.70. The van der Waals surface area contributed by atoms with Crippen LogP contribution < -0.4 is 5.32 Å². The molecule has 1 N–H and O–H groups in total. The zero-order valence-electron chi connectivity index (χ0n) is 11.5. The molecule has 0 bridgehead atoms. The van der Waals surface area contributed by atoms with Crippen LogP contribution in [0.4, 0.5) is 0 Å². The largest absolute Gasteiger partial charge is 0.355 e. The molecular formula is C17H18ClNO. The average molecular weight is 288 g/mol. The average Bonchev–Trinajstić information content (AvgIpc) is 2.41. The van der Waals surface area contributed by atoms with Gasteiger partial charge >= 0.3 is 0 Å².